The molecule has 1 aliphatic heterocycles. The molecule has 0 bridgehead atoms. The van der Waals surface area contributed by atoms with Crippen molar-refractivity contribution in [3.05, 3.63) is 47.8 Å². The van der Waals surface area contributed by atoms with E-state index in [4.69, 9.17) is 0 Å². The highest BCUT2D eigenvalue weighted by molar-refractivity contribution is 5.93. The summed E-state index contributed by atoms with van der Waals surface area (Å²) in [5, 5.41) is 7.39. The second-order valence-electron chi connectivity index (χ2n) is 6.12. The summed E-state index contributed by atoms with van der Waals surface area (Å²) in [6.07, 6.45) is 3.64. The average molecular weight is 326 g/mol. The van der Waals surface area contributed by atoms with E-state index in [-0.39, 0.29) is 17.9 Å². The van der Waals surface area contributed by atoms with E-state index in [0.29, 0.717) is 19.4 Å². The largest absolute Gasteiger partial charge is 0.349 e. The molecule has 1 aliphatic rings. The normalized spacial score (nSPS) is 16.6. The molecule has 6 nitrogen and oxygen atoms in total. The fraction of sp³-hybridized carbons (Fsp3) is 0.389. The highest BCUT2D eigenvalue weighted by atomic mass is 16.2. The summed E-state index contributed by atoms with van der Waals surface area (Å²) in [5.41, 5.74) is 2.82. The van der Waals surface area contributed by atoms with Crippen molar-refractivity contribution in [1.29, 1.82) is 0 Å². The fourth-order valence-electron chi connectivity index (χ4n) is 3.14. The number of rotatable bonds is 4. The molecule has 1 N–H and O–H groups in total. The van der Waals surface area contributed by atoms with Crippen LogP contribution >= 0.6 is 0 Å². The van der Waals surface area contributed by atoms with E-state index in [9.17, 15) is 9.59 Å². The monoisotopic (exact) mass is 326 g/mol. The maximum atomic E-state index is 12.3. The van der Waals surface area contributed by atoms with Crippen LogP contribution in [0.25, 0.3) is 0 Å². The predicted molar refractivity (Wildman–Crippen MR) is 91.5 cm³/mol. The van der Waals surface area contributed by atoms with Gasteiger partial charge in [0.2, 0.25) is 11.8 Å². The van der Waals surface area contributed by atoms with Crippen LogP contribution in [0.2, 0.25) is 0 Å². The molecule has 126 valence electrons. The number of para-hydroxylation sites is 1. The Morgan fingerprint density at radius 2 is 2.08 bits per heavy atom. The topological polar surface area (TPSA) is 67.2 Å². The number of carbonyl (C=O) groups excluding carboxylic acids is 2. The third-order valence-corrected chi connectivity index (χ3v) is 4.34. The number of hydrogen-bond donors (Lipinski definition) is 1. The summed E-state index contributed by atoms with van der Waals surface area (Å²) >= 11 is 0. The molecule has 3 rings (SSSR count). The van der Waals surface area contributed by atoms with Crippen molar-refractivity contribution in [1.82, 2.24) is 15.1 Å². The van der Waals surface area contributed by atoms with Crippen molar-refractivity contribution in [2.45, 2.75) is 32.2 Å². The Bertz CT molecular complexity index is 753. The smallest absolute Gasteiger partial charge is 0.223 e. The number of amides is 2. The van der Waals surface area contributed by atoms with Gasteiger partial charge in [-0.3, -0.25) is 14.3 Å². The standard InChI is InChI=1S/C18H22N4O2/c1-13(23)22-12-10-16(15-5-3-4-6-17(15)22)19-18(24)8-7-14-9-11-21(2)20-14/h3-6,9,11,16H,7-8,10,12H2,1-2H3,(H,19,24). The lowest BCUT2D eigenvalue weighted by molar-refractivity contribution is -0.121. The number of aromatic nitrogens is 2. The van der Waals surface area contributed by atoms with Gasteiger partial charge in [0.15, 0.2) is 0 Å². The Morgan fingerprint density at radius 1 is 1.29 bits per heavy atom. The average Bonchev–Trinajstić information content (AvgIpc) is 2.98. The minimum Gasteiger partial charge on any atom is -0.349 e. The number of aryl methyl sites for hydroxylation is 2. The maximum absolute atomic E-state index is 12.3. The van der Waals surface area contributed by atoms with Crippen molar-refractivity contribution in [3.63, 3.8) is 0 Å². The Morgan fingerprint density at radius 3 is 2.79 bits per heavy atom. The number of benzene rings is 1. The molecule has 24 heavy (non-hydrogen) atoms. The number of nitrogens with one attached hydrogen (secondary N) is 1. The van der Waals surface area contributed by atoms with E-state index in [0.717, 1.165) is 23.4 Å². The van der Waals surface area contributed by atoms with Gasteiger partial charge in [0.25, 0.3) is 0 Å². The number of fused-ring (bicyclic) bond motifs is 1. The highest BCUT2D eigenvalue weighted by Crippen LogP contribution is 2.33. The SMILES string of the molecule is CC(=O)N1CCC(NC(=O)CCc2ccn(C)n2)c2ccccc21. The molecule has 0 radical (unpaired) electrons. The van der Waals surface area contributed by atoms with Gasteiger partial charge in [0.1, 0.15) is 0 Å². The van der Waals surface area contributed by atoms with E-state index in [1.165, 1.54) is 0 Å². The molecule has 1 aromatic carbocycles. The van der Waals surface area contributed by atoms with Gasteiger partial charge in [-0.15, -0.1) is 0 Å². The molecular formula is C18H22N4O2. The maximum Gasteiger partial charge on any atom is 0.223 e. The zero-order chi connectivity index (χ0) is 17.1. The molecule has 2 heterocycles. The molecule has 2 aromatic rings. The van der Waals surface area contributed by atoms with Crippen molar-refractivity contribution >= 4 is 17.5 Å². The molecule has 6 heteroatoms. The zero-order valence-electron chi connectivity index (χ0n) is 14.0. The molecule has 2 amide bonds. The van der Waals surface area contributed by atoms with Gasteiger partial charge in [-0.2, -0.15) is 5.10 Å². The second kappa shape index (κ2) is 6.86. The summed E-state index contributed by atoms with van der Waals surface area (Å²) in [6.45, 7) is 2.19. The molecule has 0 saturated carbocycles. The highest BCUT2D eigenvalue weighted by Gasteiger charge is 2.27. The molecule has 1 aromatic heterocycles. The molecule has 1 unspecified atom stereocenters. The summed E-state index contributed by atoms with van der Waals surface area (Å²) in [5.74, 6) is 0.0408. The van der Waals surface area contributed by atoms with Gasteiger partial charge in [-0.25, -0.2) is 0 Å². The van der Waals surface area contributed by atoms with E-state index in [1.54, 1.807) is 16.5 Å². The van der Waals surface area contributed by atoms with Crippen molar-refractivity contribution < 1.29 is 9.59 Å². The number of hydrogen-bond acceptors (Lipinski definition) is 3. The Kier molecular flexibility index (Phi) is 4.64. The lowest BCUT2D eigenvalue weighted by Gasteiger charge is -2.34. The van der Waals surface area contributed by atoms with Crippen LogP contribution in [0.1, 0.15) is 37.1 Å². The number of nitrogens with zero attached hydrogens (tertiary/aromatic N) is 3. The minimum absolute atomic E-state index is 0.0109. The van der Waals surface area contributed by atoms with Crippen LogP contribution in [0, 0.1) is 0 Å². The molecule has 0 aliphatic carbocycles. The first-order valence-corrected chi connectivity index (χ1v) is 8.19. The molecular weight excluding hydrogens is 304 g/mol. The first-order chi connectivity index (χ1) is 11.5. The number of carbonyl (C=O) groups is 2. The quantitative estimate of drug-likeness (QED) is 0.934. The van der Waals surface area contributed by atoms with Gasteiger partial charge in [-0.1, -0.05) is 18.2 Å². The van der Waals surface area contributed by atoms with Gasteiger partial charge < -0.3 is 10.2 Å². The van der Waals surface area contributed by atoms with Crippen molar-refractivity contribution in [2.24, 2.45) is 7.05 Å². The summed E-state index contributed by atoms with van der Waals surface area (Å²) in [7, 11) is 1.86. The summed E-state index contributed by atoms with van der Waals surface area (Å²) < 4.78 is 1.74. The van der Waals surface area contributed by atoms with Gasteiger partial charge in [-0.05, 0) is 24.1 Å². The Balaban J connectivity index is 1.65. The van der Waals surface area contributed by atoms with Crippen molar-refractivity contribution in [2.75, 3.05) is 11.4 Å². The first kappa shape index (κ1) is 16.2. The molecule has 0 saturated heterocycles. The lowest BCUT2D eigenvalue weighted by atomic mass is 9.96. The first-order valence-electron chi connectivity index (χ1n) is 8.19. The van der Waals surface area contributed by atoms with Crippen LogP contribution in [0.3, 0.4) is 0 Å². The minimum atomic E-state index is -0.0481. The van der Waals surface area contributed by atoms with Crippen molar-refractivity contribution in [3.8, 4) is 0 Å². The van der Waals surface area contributed by atoms with Crippen LogP contribution in [0.4, 0.5) is 5.69 Å². The predicted octanol–water partition coefficient (Wildman–Crippen LogP) is 1.97. The summed E-state index contributed by atoms with van der Waals surface area (Å²) in [4.78, 5) is 25.8. The fourth-order valence-corrected chi connectivity index (χ4v) is 3.14. The van der Waals surface area contributed by atoms with E-state index in [2.05, 4.69) is 10.4 Å². The lowest BCUT2D eigenvalue weighted by Crippen LogP contribution is -2.40. The van der Waals surface area contributed by atoms with Crippen LogP contribution < -0.4 is 10.2 Å². The summed E-state index contributed by atoms with van der Waals surface area (Å²) in [6, 6.07) is 9.65. The number of anilines is 1. The van der Waals surface area contributed by atoms with E-state index in [1.807, 2.05) is 43.6 Å². The molecule has 0 fully saturated rings. The zero-order valence-corrected chi connectivity index (χ0v) is 14.0. The van der Waals surface area contributed by atoms with E-state index >= 15 is 0 Å². The Labute approximate surface area is 141 Å². The third kappa shape index (κ3) is 3.48. The van der Waals surface area contributed by atoms with Crippen LogP contribution in [-0.4, -0.2) is 28.1 Å². The second-order valence-corrected chi connectivity index (χ2v) is 6.12. The van der Waals surface area contributed by atoms with Crippen LogP contribution in [0.5, 0.6) is 0 Å². The van der Waals surface area contributed by atoms with Crippen LogP contribution in [-0.2, 0) is 23.1 Å². The Hall–Kier alpha value is -2.63. The third-order valence-electron chi connectivity index (χ3n) is 4.34. The van der Waals surface area contributed by atoms with E-state index < -0.39 is 0 Å². The van der Waals surface area contributed by atoms with Gasteiger partial charge >= 0.3 is 0 Å². The molecule has 1 atom stereocenters. The van der Waals surface area contributed by atoms with Gasteiger partial charge in [0.05, 0.1) is 11.7 Å². The van der Waals surface area contributed by atoms with Crippen LogP contribution in [0.15, 0.2) is 36.5 Å². The molecule has 0 spiro atoms. The van der Waals surface area contributed by atoms with Gasteiger partial charge in [0, 0.05) is 45.2 Å².